The predicted octanol–water partition coefficient (Wildman–Crippen LogP) is 1.95. The van der Waals surface area contributed by atoms with Crippen molar-refractivity contribution in [3.63, 3.8) is 0 Å². The molecule has 30 heavy (non-hydrogen) atoms. The quantitative estimate of drug-likeness (QED) is 0.341. The lowest BCUT2D eigenvalue weighted by atomic mass is 10.0. The van der Waals surface area contributed by atoms with Crippen molar-refractivity contribution in [1.82, 2.24) is 15.5 Å². The molecule has 0 aliphatic carbocycles. The number of benzene rings is 1. The summed E-state index contributed by atoms with van der Waals surface area (Å²) in [4.78, 5) is 7.12. The molecule has 0 amide bonds. The van der Waals surface area contributed by atoms with Crippen LogP contribution < -0.4 is 10.6 Å². The van der Waals surface area contributed by atoms with Crippen LogP contribution in [0.3, 0.4) is 0 Å². The van der Waals surface area contributed by atoms with E-state index in [0.29, 0.717) is 33.0 Å². The van der Waals surface area contributed by atoms with E-state index < -0.39 is 0 Å². The molecule has 7 nitrogen and oxygen atoms in total. The highest BCUT2D eigenvalue weighted by Crippen LogP contribution is 2.23. The minimum Gasteiger partial charge on any atom is -0.379 e. The minimum atomic E-state index is -0.215. The van der Waals surface area contributed by atoms with Crippen LogP contribution in [0.15, 0.2) is 29.3 Å². The number of rotatable bonds is 10. The molecule has 0 spiro atoms. The second-order valence-corrected chi connectivity index (χ2v) is 7.58. The summed E-state index contributed by atoms with van der Waals surface area (Å²) in [5.41, 5.74) is 0.948. The lowest BCUT2D eigenvalue weighted by Gasteiger charge is -2.34. The first-order valence-electron chi connectivity index (χ1n) is 11.0. The van der Waals surface area contributed by atoms with Gasteiger partial charge >= 0.3 is 0 Å². The highest BCUT2D eigenvalue weighted by Gasteiger charge is 2.23. The van der Waals surface area contributed by atoms with Gasteiger partial charge in [0, 0.05) is 39.4 Å². The Morgan fingerprint density at radius 1 is 1.27 bits per heavy atom. The molecule has 2 heterocycles. The Hall–Kier alpha value is -1.74. The molecule has 1 aromatic carbocycles. The average Bonchev–Trinajstić information content (AvgIpc) is 3.28. The highest BCUT2D eigenvalue weighted by atomic mass is 19.1. The van der Waals surface area contributed by atoms with Crippen LogP contribution in [0.2, 0.25) is 0 Å². The fourth-order valence-corrected chi connectivity index (χ4v) is 3.73. The van der Waals surface area contributed by atoms with Gasteiger partial charge in [0.1, 0.15) is 5.82 Å². The Morgan fingerprint density at radius 2 is 2.13 bits per heavy atom. The Labute approximate surface area is 179 Å². The Morgan fingerprint density at radius 3 is 2.87 bits per heavy atom. The largest absolute Gasteiger partial charge is 0.379 e. The standard InChI is InChI=1S/C22H35FN4O3/c1-2-24-22(25-8-4-11-30-20-7-12-29-17-20)26-16-21(27-9-13-28-14-10-27)18-5-3-6-19(23)15-18/h3,5-6,15,20-21H,2,4,7-14,16-17H2,1H3,(H2,24,25,26). The van der Waals surface area contributed by atoms with Crippen molar-refractivity contribution in [3.8, 4) is 0 Å². The van der Waals surface area contributed by atoms with Crippen molar-refractivity contribution in [1.29, 1.82) is 0 Å². The van der Waals surface area contributed by atoms with Gasteiger partial charge in [-0.3, -0.25) is 9.89 Å². The molecule has 0 saturated carbocycles. The number of morpholine rings is 1. The van der Waals surface area contributed by atoms with Gasteiger partial charge in [-0.15, -0.1) is 0 Å². The number of nitrogens with zero attached hydrogens (tertiary/aromatic N) is 2. The molecule has 168 valence electrons. The highest BCUT2D eigenvalue weighted by molar-refractivity contribution is 5.79. The second-order valence-electron chi connectivity index (χ2n) is 7.58. The van der Waals surface area contributed by atoms with Crippen molar-refractivity contribution in [3.05, 3.63) is 35.6 Å². The van der Waals surface area contributed by atoms with Gasteiger partial charge in [-0.05, 0) is 37.5 Å². The number of guanidine groups is 1. The first-order chi connectivity index (χ1) is 14.8. The van der Waals surface area contributed by atoms with Crippen LogP contribution >= 0.6 is 0 Å². The van der Waals surface area contributed by atoms with Crippen LogP contribution in [-0.4, -0.2) is 82.7 Å². The number of ether oxygens (including phenoxy) is 3. The lowest BCUT2D eigenvalue weighted by Crippen LogP contribution is -2.42. The van der Waals surface area contributed by atoms with Gasteiger partial charge in [-0.25, -0.2) is 4.39 Å². The van der Waals surface area contributed by atoms with E-state index in [1.54, 1.807) is 12.1 Å². The van der Waals surface area contributed by atoms with Gasteiger partial charge < -0.3 is 24.8 Å². The molecule has 2 aliphatic heterocycles. The van der Waals surface area contributed by atoms with E-state index in [-0.39, 0.29) is 18.0 Å². The molecule has 0 radical (unpaired) electrons. The molecule has 2 saturated heterocycles. The van der Waals surface area contributed by atoms with Crippen LogP contribution in [0.5, 0.6) is 0 Å². The number of hydrogen-bond donors (Lipinski definition) is 2. The zero-order valence-electron chi connectivity index (χ0n) is 17.9. The van der Waals surface area contributed by atoms with Crippen LogP contribution in [0.25, 0.3) is 0 Å². The van der Waals surface area contributed by atoms with Crippen molar-refractivity contribution < 1.29 is 18.6 Å². The molecule has 3 rings (SSSR count). The van der Waals surface area contributed by atoms with Gasteiger partial charge in [-0.2, -0.15) is 0 Å². The van der Waals surface area contributed by atoms with Crippen LogP contribution in [0.1, 0.15) is 31.4 Å². The van der Waals surface area contributed by atoms with E-state index >= 15 is 0 Å². The molecule has 8 heteroatoms. The molecule has 0 aromatic heterocycles. The first-order valence-corrected chi connectivity index (χ1v) is 11.0. The van der Waals surface area contributed by atoms with Gasteiger partial charge in [0.2, 0.25) is 0 Å². The third kappa shape index (κ3) is 7.50. The van der Waals surface area contributed by atoms with Crippen molar-refractivity contribution in [2.24, 2.45) is 4.99 Å². The maximum Gasteiger partial charge on any atom is 0.191 e. The third-order valence-electron chi connectivity index (χ3n) is 5.34. The number of aliphatic imine (C=N–C) groups is 1. The zero-order chi connectivity index (χ0) is 21.0. The maximum absolute atomic E-state index is 13.8. The summed E-state index contributed by atoms with van der Waals surface area (Å²) in [5, 5.41) is 6.67. The summed E-state index contributed by atoms with van der Waals surface area (Å²) in [5.74, 6) is 0.559. The summed E-state index contributed by atoms with van der Waals surface area (Å²) >= 11 is 0. The SMILES string of the molecule is CCNC(=NCC(c1cccc(F)c1)N1CCOCC1)NCCCOC1CCOC1. The van der Waals surface area contributed by atoms with Crippen LogP contribution in [0, 0.1) is 5.82 Å². The Bertz CT molecular complexity index is 649. The zero-order valence-corrected chi connectivity index (χ0v) is 17.9. The minimum absolute atomic E-state index is 0.0192. The second kappa shape index (κ2) is 12.8. The summed E-state index contributed by atoms with van der Waals surface area (Å²) in [6, 6.07) is 6.85. The lowest BCUT2D eigenvalue weighted by molar-refractivity contribution is 0.0179. The van der Waals surface area contributed by atoms with Crippen molar-refractivity contribution >= 4 is 5.96 Å². The van der Waals surface area contributed by atoms with Crippen LogP contribution in [0.4, 0.5) is 4.39 Å². The number of halogens is 1. The van der Waals surface area contributed by atoms with E-state index in [0.717, 1.165) is 57.2 Å². The van der Waals surface area contributed by atoms with Crippen molar-refractivity contribution in [2.75, 3.05) is 65.8 Å². The molecule has 1 aromatic rings. The van der Waals surface area contributed by atoms with E-state index in [1.807, 2.05) is 13.0 Å². The molecule has 2 atom stereocenters. The van der Waals surface area contributed by atoms with E-state index in [1.165, 1.54) is 6.07 Å². The third-order valence-corrected chi connectivity index (χ3v) is 5.34. The average molecular weight is 423 g/mol. The normalized spacial score (nSPS) is 21.5. The molecule has 0 bridgehead atoms. The summed E-state index contributed by atoms with van der Waals surface area (Å²) < 4.78 is 30.5. The molecule has 2 fully saturated rings. The summed E-state index contributed by atoms with van der Waals surface area (Å²) in [6.45, 7) is 9.41. The fourth-order valence-electron chi connectivity index (χ4n) is 3.73. The number of hydrogen-bond acceptors (Lipinski definition) is 5. The molecule has 2 N–H and O–H groups in total. The fraction of sp³-hybridized carbons (Fsp3) is 0.682. The van der Waals surface area contributed by atoms with E-state index in [4.69, 9.17) is 19.2 Å². The molecular formula is C22H35FN4O3. The van der Waals surface area contributed by atoms with Gasteiger partial charge in [0.05, 0.1) is 38.5 Å². The van der Waals surface area contributed by atoms with Crippen LogP contribution in [-0.2, 0) is 14.2 Å². The monoisotopic (exact) mass is 422 g/mol. The molecule has 2 aliphatic rings. The molecule has 2 unspecified atom stereocenters. The van der Waals surface area contributed by atoms with Gasteiger partial charge in [0.15, 0.2) is 5.96 Å². The van der Waals surface area contributed by atoms with E-state index in [2.05, 4.69) is 15.5 Å². The Kier molecular flexibility index (Phi) is 9.82. The summed E-state index contributed by atoms with van der Waals surface area (Å²) in [6.07, 6.45) is 2.13. The van der Waals surface area contributed by atoms with E-state index in [9.17, 15) is 4.39 Å². The van der Waals surface area contributed by atoms with Crippen molar-refractivity contribution in [2.45, 2.75) is 31.9 Å². The van der Waals surface area contributed by atoms with Gasteiger partial charge in [0.25, 0.3) is 0 Å². The molecular weight excluding hydrogens is 387 g/mol. The summed E-state index contributed by atoms with van der Waals surface area (Å²) in [7, 11) is 0. The topological polar surface area (TPSA) is 67.4 Å². The first kappa shape index (κ1) is 22.9. The predicted molar refractivity (Wildman–Crippen MR) is 115 cm³/mol. The maximum atomic E-state index is 13.8. The van der Waals surface area contributed by atoms with Gasteiger partial charge in [-0.1, -0.05) is 12.1 Å². The Balaban J connectivity index is 1.54. The smallest absolute Gasteiger partial charge is 0.191 e. The number of nitrogens with one attached hydrogen (secondary N) is 2.